The van der Waals surface area contributed by atoms with E-state index in [1.54, 1.807) is 18.8 Å². The van der Waals surface area contributed by atoms with Crippen LogP contribution in [0.25, 0.3) is 0 Å². The predicted octanol–water partition coefficient (Wildman–Crippen LogP) is 0.163. The molecule has 0 aromatic rings. The van der Waals surface area contributed by atoms with Crippen LogP contribution in [0.1, 0.15) is 13.3 Å². The van der Waals surface area contributed by atoms with Crippen LogP contribution in [-0.2, 0) is 4.79 Å². The SMILES string of the molecule is CNC(CSC(C)CCO)C(=O)O. The van der Waals surface area contributed by atoms with Gasteiger partial charge in [-0.15, -0.1) is 0 Å². The largest absolute Gasteiger partial charge is 0.480 e. The summed E-state index contributed by atoms with van der Waals surface area (Å²) in [5.74, 6) is -0.293. The van der Waals surface area contributed by atoms with E-state index in [1.807, 2.05) is 6.92 Å². The molecular weight excluding hydrogens is 190 g/mol. The summed E-state index contributed by atoms with van der Waals surface area (Å²) >= 11 is 1.56. The summed E-state index contributed by atoms with van der Waals surface area (Å²) in [5, 5.41) is 20.3. The van der Waals surface area contributed by atoms with Gasteiger partial charge in [-0.3, -0.25) is 4.79 Å². The monoisotopic (exact) mass is 207 g/mol. The summed E-state index contributed by atoms with van der Waals surface area (Å²) in [7, 11) is 1.63. The lowest BCUT2D eigenvalue weighted by molar-refractivity contribution is -0.138. The minimum Gasteiger partial charge on any atom is -0.480 e. The zero-order valence-electron chi connectivity index (χ0n) is 7.99. The van der Waals surface area contributed by atoms with Gasteiger partial charge in [-0.1, -0.05) is 6.92 Å². The molecule has 2 atom stereocenters. The molecule has 0 rings (SSSR count). The lowest BCUT2D eigenvalue weighted by Crippen LogP contribution is -2.36. The number of aliphatic hydroxyl groups is 1. The summed E-state index contributed by atoms with van der Waals surface area (Å²) in [6, 6.07) is -0.494. The molecule has 0 aromatic heterocycles. The smallest absolute Gasteiger partial charge is 0.321 e. The molecule has 0 heterocycles. The Hall–Kier alpha value is -0.260. The van der Waals surface area contributed by atoms with E-state index in [1.165, 1.54) is 0 Å². The van der Waals surface area contributed by atoms with Crippen molar-refractivity contribution in [2.45, 2.75) is 24.6 Å². The number of aliphatic carboxylic acids is 1. The van der Waals surface area contributed by atoms with Gasteiger partial charge in [0.15, 0.2) is 0 Å². The highest BCUT2D eigenvalue weighted by Crippen LogP contribution is 2.14. The van der Waals surface area contributed by atoms with Crippen molar-refractivity contribution in [3.63, 3.8) is 0 Å². The van der Waals surface area contributed by atoms with Crippen LogP contribution >= 0.6 is 11.8 Å². The molecule has 78 valence electrons. The minimum atomic E-state index is -0.828. The third-order valence-electron chi connectivity index (χ3n) is 1.73. The molecule has 0 aliphatic rings. The van der Waals surface area contributed by atoms with Crippen molar-refractivity contribution in [1.29, 1.82) is 0 Å². The maximum Gasteiger partial charge on any atom is 0.321 e. The van der Waals surface area contributed by atoms with E-state index < -0.39 is 12.0 Å². The molecule has 0 fully saturated rings. The van der Waals surface area contributed by atoms with E-state index in [9.17, 15) is 4.79 Å². The fourth-order valence-electron chi connectivity index (χ4n) is 0.804. The quantitative estimate of drug-likeness (QED) is 0.555. The number of aliphatic hydroxyl groups excluding tert-OH is 1. The van der Waals surface area contributed by atoms with E-state index in [4.69, 9.17) is 10.2 Å². The lowest BCUT2D eigenvalue weighted by Gasteiger charge is -2.14. The molecule has 3 N–H and O–H groups in total. The Balaban J connectivity index is 3.65. The van der Waals surface area contributed by atoms with Crippen LogP contribution in [0.15, 0.2) is 0 Å². The maximum absolute atomic E-state index is 10.6. The predicted molar refractivity (Wildman–Crippen MR) is 54.1 cm³/mol. The molecule has 0 saturated carbocycles. The number of nitrogens with one attached hydrogen (secondary N) is 1. The van der Waals surface area contributed by atoms with Crippen molar-refractivity contribution in [1.82, 2.24) is 5.32 Å². The number of carboxylic acid groups (broad SMARTS) is 1. The fourth-order valence-corrected chi connectivity index (χ4v) is 1.91. The van der Waals surface area contributed by atoms with Crippen LogP contribution in [0, 0.1) is 0 Å². The summed E-state index contributed by atoms with van der Waals surface area (Å²) in [6.07, 6.45) is 0.709. The van der Waals surface area contributed by atoms with E-state index in [2.05, 4.69) is 5.32 Å². The van der Waals surface area contributed by atoms with Gasteiger partial charge in [0, 0.05) is 17.6 Å². The molecule has 0 spiro atoms. The molecule has 5 heteroatoms. The molecule has 0 amide bonds. The summed E-state index contributed by atoms with van der Waals surface area (Å²) in [5.41, 5.74) is 0. The molecule has 0 aliphatic heterocycles. The maximum atomic E-state index is 10.6. The van der Waals surface area contributed by atoms with E-state index >= 15 is 0 Å². The highest BCUT2D eigenvalue weighted by Gasteiger charge is 2.15. The van der Waals surface area contributed by atoms with Gasteiger partial charge in [-0.05, 0) is 13.5 Å². The molecule has 0 aliphatic carbocycles. The van der Waals surface area contributed by atoms with Crippen LogP contribution < -0.4 is 5.32 Å². The third kappa shape index (κ3) is 5.90. The molecule has 4 nitrogen and oxygen atoms in total. The standard InChI is InChI=1S/C8H17NO3S/c1-6(3-4-10)13-5-7(9-2)8(11)12/h6-7,9-10H,3-5H2,1-2H3,(H,11,12). The van der Waals surface area contributed by atoms with Crippen molar-refractivity contribution >= 4 is 17.7 Å². The van der Waals surface area contributed by atoms with Crippen LogP contribution in [0.2, 0.25) is 0 Å². The Morgan fingerprint density at radius 2 is 2.23 bits per heavy atom. The number of carboxylic acids is 1. The average Bonchev–Trinajstić information content (AvgIpc) is 2.05. The van der Waals surface area contributed by atoms with Crippen LogP contribution in [0.3, 0.4) is 0 Å². The minimum absolute atomic E-state index is 0.158. The van der Waals surface area contributed by atoms with Crippen LogP contribution in [0.5, 0.6) is 0 Å². The zero-order valence-corrected chi connectivity index (χ0v) is 8.80. The molecule has 0 saturated heterocycles. The highest BCUT2D eigenvalue weighted by molar-refractivity contribution is 7.99. The Morgan fingerprint density at radius 3 is 2.62 bits per heavy atom. The summed E-state index contributed by atoms with van der Waals surface area (Å²) < 4.78 is 0. The molecule has 0 radical (unpaired) electrons. The van der Waals surface area contributed by atoms with Crippen molar-refractivity contribution in [3.8, 4) is 0 Å². The second-order valence-corrected chi connectivity index (χ2v) is 4.31. The van der Waals surface area contributed by atoms with Gasteiger partial charge in [0.2, 0.25) is 0 Å². The van der Waals surface area contributed by atoms with Gasteiger partial charge >= 0.3 is 5.97 Å². The molecule has 13 heavy (non-hydrogen) atoms. The van der Waals surface area contributed by atoms with Gasteiger partial charge in [-0.25, -0.2) is 0 Å². The Labute approximate surface area is 82.7 Å². The van der Waals surface area contributed by atoms with E-state index in [0.717, 1.165) is 0 Å². The average molecular weight is 207 g/mol. The van der Waals surface area contributed by atoms with Crippen LogP contribution in [-0.4, -0.2) is 46.9 Å². The first kappa shape index (κ1) is 12.7. The second-order valence-electron chi connectivity index (χ2n) is 2.84. The first-order valence-corrected chi connectivity index (χ1v) is 5.29. The van der Waals surface area contributed by atoms with Crippen molar-refractivity contribution in [2.75, 3.05) is 19.4 Å². The molecular formula is C8H17NO3S. The number of thioether (sulfide) groups is 1. The molecule has 0 aromatic carbocycles. The summed E-state index contributed by atoms with van der Waals surface area (Å²) in [4.78, 5) is 10.6. The highest BCUT2D eigenvalue weighted by atomic mass is 32.2. The van der Waals surface area contributed by atoms with Gasteiger partial charge in [0.05, 0.1) is 0 Å². The number of rotatable bonds is 7. The first-order chi connectivity index (χ1) is 6.11. The normalized spacial score (nSPS) is 15.3. The topological polar surface area (TPSA) is 69.6 Å². The second kappa shape index (κ2) is 7.17. The van der Waals surface area contributed by atoms with Gasteiger partial charge in [0.1, 0.15) is 6.04 Å². The Bertz CT molecular complexity index is 154. The van der Waals surface area contributed by atoms with Crippen LogP contribution in [0.4, 0.5) is 0 Å². The number of likely N-dealkylation sites (N-methyl/N-ethyl adjacent to an activating group) is 1. The van der Waals surface area contributed by atoms with Crippen molar-refractivity contribution in [3.05, 3.63) is 0 Å². The van der Waals surface area contributed by atoms with Gasteiger partial charge in [0.25, 0.3) is 0 Å². The third-order valence-corrected chi connectivity index (χ3v) is 3.06. The van der Waals surface area contributed by atoms with Gasteiger partial charge < -0.3 is 15.5 Å². The fraction of sp³-hybridized carbons (Fsp3) is 0.875. The Kier molecular flexibility index (Phi) is 7.03. The Morgan fingerprint density at radius 1 is 1.62 bits per heavy atom. The number of hydrogen-bond acceptors (Lipinski definition) is 4. The van der Waals surface area contributed by atoms with Crippen molar-refractivity contribution < 1.29 is 15.0 Å². The molecule has 2 unspecified atom stereocenters. The van der Waals surface area contributed by atoms with Crippen molar-refractivity contribution in [2.24, 2.45) is 0 Å². The van der Waals surface area contributed by atoms with E-state index in [0.29, 0.717) is 17.4 Å². The van der Waals surface area contributed by atoms with E-state index in [-0.39, 0.29) is 6.61 Å². The number of carbonyl (C=O) groups is 1. The molecule has 0 bridgehead atoms. The van der Waals surface area contributed by atoms with Gasteiger partial charge in [-0.2, -0.15) is 11.8 Å². The zero-order chi connectivity index (χ0) is 10.3. The number of hydrogen-bond donors (Lipinski definition) is 3. The first-order valence-electron chi connectivity index (χ1n) is 4.24. The lowest BCUT2D eigenvalue weighted by atomic mass is 10.3. The summed E-state index contributed by atoms with van der Waals surface area (Å²) in [6.45, 7) is 2.14.